The number of carbonyl (C=O) groups excluding carboxylic acids is 1. The van der Waals surface area contributed by atoms with Crippen molar-refractivity contribution in [1.82, 2.24) is 9.88 Å². The number of nitrogens with zero attached hydrogens (tertiary/aromatic N) is 2. The minimum Gasteiger partial charge on any atom is -0.338 e. The molecule has 0 N–H and O–H groups in total. The number of halogens is 2. The molecule has 6 heteroatoms. The maximum Gasteiger partial charge on any atom is 0.253 e. The first kappa shape index (κ1) is 16.1. The Morgan fingerprint density at radius 3 is 2.80 bits per heavy atom. The smallest absolute Gasteiger partial charge is 0.253 e. The van der Waals surface area contributed by atoms with Gasteiger partial charge in [0.2, 0.25) is 0 Å². The van der Waals surface area contributed by atoms with E-state index in [1.807, 2.05) is 24.3 Å². The van der Waals surface area contributed by atoms with Crippen molar-refractivity contribution in [1.29, 1.82) is 0 Å². The van der Waals surface area contributed by atoms with Crippen molar-refractivity contribution in [3.05, 3.63) is 64.7 Å². The Labute approximate surface area is 147 Å². The minimum absolute atomic E-state index is 0.181. The molecule has 25 heavy (non-hydrogen) atoms. The second-order valence-electron chi connectivity index (χ2n) is 6.24. The Kier molecular flexibility index (Phi) is 4.21. The lowest BCUT2D eigenvalue weighted by molar-refractivity contribution is 0.0706. The summed E-state index contributed by atoms with van der Waals surface area (Å²) in [6, 6.07) is 11.3. The number of hydrogen-bond donors (Lipinski definition) is 0. The van der Waals surface area contributed by atoms with Gasteiger partial charge in [0.25, 0.3) is 5.91 Å². The van der Waals surface area contributed by atoms with Crippen LogP contribution >= 0.6 is 11.3 Å². The van der Waals surface area contributed by atoms with Crippen molar-refractivity contribution in [2.45, 2.75) is 18.8 Å². The number of likely N-dealkylation sites (tertiary alicyclic amines) is 1. The van der Waals surface area contributed by atoms with Crippen LogP contribution in [0.25, 0.3) is 10.2 Å². The predicted molar refractivity (Wildman–Crippen MR) is 93.9 cm³/mol. The molecule has 1 aliphatic heterocycles. The molecule has 4 rings (SSSR count). The Balaban J connectivity index is 1.55. The molecular formula is C19H16F2N2OS. The van der Waals surface area contributed by atoms with Crippen LogP contribution in [-0.2, 0) is 0 Å². The molecule has 0 spiro atoms. The number of piperidine rings is 1. The Bertz CT molecular complexity index is 907. The summed E-state index contributed by atoms with van der Waals surface area (Å²) < 4.78 is 27.6. The summed E-state index contributed by atoms with van der Waals surface area (Å²) in [6.45, 7) is 1.18. The van der Waals surface area contributed by atoms with Crippen molar-refractivity contribution in [3.8, 4) is 0 Å². The quantitative estimate of drug-likeness (QED) is 0.671. The highest BCUT2D eigenvalue weighted by Crippen LogP contribution is 2.33. The van der Waals surface area contributed by atoms with E-state index in [4.69, 9.17) is 4.98 Å². The number of carbonyl (C=O) groups is 1. The van der Waals surface area contributed by atoms with E-state index in [0.29, 0.717) is 13.1 Å². The highest BCUT2D eigenvalue weighted by molar-refractivity contribution is 7.18. The first-order valence-electron chi connectivity index (χ1n) is 8.21. The van der Waals surface area contributed by atoms with Gasteiger partial charge in [0, 0.05) is 24.6 Å². The first-order valence-corrected chi connectivity index (χ1v) is 9.03. The van der Waals surface area contributed by atoms with Gasteiger partial charge in [0.05, 0.1) is 15.2 Å². The maximum absolute atomic E-state index is 13.4. The van der Waals surface area contributed by atoms with Crippen molar-refractivity contribution >= 4 is 27.5 Å². The number of thiazole rings is 1. The van der Waals surface area contributed by atoms with Crippen LogP contribution in [0, 0.1) is 11.6 Å². The molecule has 0 unspecified atom stereocenters. The molecule has 3 aromatic rings. The van der Waals surface area contributed by atoms with Gasteiger partial charge < -0.3 is 4.90 Å². The second-order valence-corrected chi connectivity index (χ2v) is 7.30. The van der Waals surface area contributed by atoms with E-state index in [1.54, 1.807) is 16.2 Å². The zero-order chi connectivity index (χ0) is 17.4. The van der Waals surface area contributed by atoms with Gasteiger partial charge in [-0.2, -0.15) is 0 Å². The normalized spacial score (nSPS) is 17.8. The summed E-state index contributed by atoms with van der Waals surface area (Å²) in [5.41, 5.74) is 1.16. The number of hydrogen-bond acceptors (Lipinski definition) is 3. The lowest BCUT2D eigenvalue weighted by atomic mass is 9.98. The van der Waals surface area contributed by atoms with E-state index >= 15 is 0 Å². The molecule has 3 nitrogen and oxygen atoms in total. The molecule has 1 aromatic heterocycles. The fourth-order valence-corrected chi connectivity index (χ4v) is 4.33. The van der Waals surface area contributed by atoms with E-state index in [0.717, 1.165) is 40.2 Å². The fourth-order valence-electron chi connectivity index (χ4n) is 3.24. The van der Waals surface area contributed by atoms with Crippen LogP contribution in [0.4, 0.5) is 8.78 Å². The summed E-state index contributed by atoms with van der Waals surface area (Å²) in [4.78, 5) is 19.0. The highest BCUT2D eigenvalue weighted by Gasteiger charge is 2.27. The van der Waals surface area contributed by atoms with Gasteiger partial charge in [0.1, 0.15) is 0 Å². The lowest BCUT2D eigenvalue weighted by Crippen LogP contribution is -2.39. The van der Waals surface area contributed by atoms with Crippen LogP contribution in [0.5, 0.6) is 0 Å². The van der Waals surface area contributed by atoms with Gasteiger partial charge in [-0.25, -0.2) is 13.8 Å². The summed E-state index contributed by atoms with van der Waals surface area (Å²) in [7, 11) is 0. The Morgan fingerprint density at radius 1 is 1.16 bits per heavy atom. The summed E-state index contributed by atoms with van der Waals surface area (Å²) >= 11 is 1.66. The van der Waals surface area contributed by atoms with E-state index in [2.05, 4.69) is 0 Å². The molecule has 0 radical (unpaired) electrons. The molecule has 2 aromatic carbocycles. The molecule has 1 saturated heterocycles. The zero-order valence-electron chi connectivity index (χ0n) is 13.4. The van der Waals surface area contributed by atoms with Crippen molar-refractivity contribution in [2.75, 3.05) is 13.1 Å². The van der Waals surface area contributed by atoms with Crippen molar-refractivity contribution in [2.24, 2.45) is 0 Å². The third kappa shape index (κ3) is 3.14. The van der Waals surface area contributed by atoms with E-state index in [-0.39, 0.29) is 17.4 Å². The number of benzene rings is 2. The zero-order valence-corrected chi connectivity index (χ0v) is 14.2. The van der Waals surface area contributed by atoms with Crippen LogP contribution in [0.15, 0.2) is 42.5 Å². The average Bonchev–Trinajstić information content (AvgIpc) is 3.08. The molecule has 0 aliphatic carbocycles. The van der Waals surface area contributed by atoms with Crippen LogP contribution < -0.4 is 0 Å². The number of fused-ring (bicyclic) bond motifs is 1. The molecule has 2 heterocycles. The third-order valence-corrected chi connectivity index (χ3v) is 5.73. The van der Waals surface area contributed by atoms with Gasteiger partial charge in [-0.3, -0.25) is 4.79 Å². The lowest BCUT2D eigenvalue weighted by Gasteiger charge is -2.32. The van der Waals surface area contributed by atoms with Crippen LogP contribution in [-0.4, -0.2) is 28.9 Å². The van der Waals surface area contributed by atoms with Gasteiger partial charge in [-0.1, -0.05) is 12.1 Å². The monoisotopic (exact) mass is 358 g/mol. The largest absolute Gasteiger partial charge is 0.338 e. The second kappa shape index (κ2) is 6.52. The number of aromatic nitrogens is 1. The van der Waals surface area contributed by atoms with Crippen LogP contribution in [0.1, 0.15) is 34.1 Å². The standard InChI is InChI=1S/C19H16F2N2OS/c20-14-8-7-12(10-15(14)21)19(24)23-9-3-4-13(11-23)18-22-16-5-1-2-6-17(16)25-18/h1-2,5-8,10,13H,3-4,9,11H2/t13-/m1/s1. The van der Waals surface area contributed by atoms with Gasteiger partial charge in [0.15, 0.2) is 11.6 Å². The number of amides is 1. The Morgan fingerprint density at radius 2 is 2.00 bits per heavy atom. The molecule has 1 aliphatic rings. The molecule has 1 fully saturated rings. The van der Waals surface area contributed by atoms with Crippen LogP contribution in [0.3, 0.4) is 0 Å². The van der Waals surface area contributed by atoms with E-state index < -0.39 is 11.6 Å². The Hall–Kier alpha value is -2.34. The third-order valence-electron chi connectivity index (χ3n) is 4.53. The number of para-hydroxylation sites is 1. The summed E-state index contributed by atoms with van der Waals surface area (Å²) in [5.74, 6) is -2.02. The maximum atomic E-state index is 13.4. The minimum atomic E-state index is -0.995. The topological polar surface area (TPSA) is 33.2 Å². The summed E-state index contributed by atoms with van der Waals surface area (Å²) in [5, 5.41) is 1.03. The highest BCUT2D eigenvalue weighted by atomic mass is 32.1. The van der Waals surface area contributed by atoms with Gasteiger partial charge in [-0.05, 0) is 43.2 Å². The fraction of sp³-hybridized carbons (Fsp3) is 0.263. The van der Waals surface area contributed by atoms with Gasteiger partial charge in [-0.15, -0.1) is 11.3 Å². The number of rotatable bonds is 2. The van der Waals surface area contributed by atoms with Crippen molar-refractivity contribution in [3.63, 3.8) is 0 Å². The van der Waals surface area contributed by atoms with Gasteiger partial charge >= 0.3 is 0 Å². The molecular weight excluding hydrogens is 342 g/mol. The molecule has 0 bridgehead atoms. The first-order chi connectivity index (χ1) is 12.1. The van der Waals surface area contributed by atoms with E-state index in [1.165, 1.54) is 6.07 Å². The van der Waals surface area contributed by atoms with Crippen molar-refractivity contribution < 1.29 is 13.6 Å². The SMILES string of the molecule is O=C(c1ccc(F)c(F)c1)N1CCC[C@@H](c2nc3ccccc3s2)C1. The molecule has 1 atom stereocenters. The van der Waals surface area contributed by atoms with E-state index in [9.17, 15) is 13.6 Å². The summed E-state index contributed by atoms with van der Waals surface area (Å²) in [6.07, 6.45) is 1.84. The average molecular weight is 358 g/mol. The van der Waals surface area contributed by atoms with Crippen LogP contribution in [0.2, 0.25) is 0 Å². The predicted octanol–water partition coefficient (Wildman–Crippen LogP) is 4.59. The molecule has 1 amide bonds. The molecule has 128 valence electrons. The molecule has 0 saturated carbocycles.